The number of rotatable bonds is 6. The van der Waals surface area contributed by atoms with Crippen LogP contribution in [0.1, 0.15) is 71.8 Å². The summed E-state index contributed by atoms with van der Waals surface area (Å²) >= 11 is 0. The molecular formula is C18H48O6. The van der Waals surface area contributed by atoms with Gasteiger partial charge >= 0.3 is 0 Å². The topological polar surface area (TPSA) is 78.9 Å². The minimum atomic E-state index is -0.0625. The maximum absolute atomic E-state index is 10.0. The molecule has 0 aliphatic rings. The molecule has 156 valence electrons. The highest BCUT2D eigenvalue weighted by molar-refractivity contribution is 5.96. The summed E-state index contributed by atoms with van der Waals surface area (Å²) in [6.07, 6.45) is 0.0833. The predicted octanol–water partition coefficient (Wildman–Crippen LogP) is 4.83. The lowest BCUT2D eigenvalue weighted by atomic mass is 10.2. The zero-order valence-electron chi connectivity index (χ0n) is 12.1. The third-order valence-corrected chi connectivity index (χ3v) is 1.08. The van der Waals surface area contributed by atoms with Crippen molar-refractivity contribution in [3.8, 4) is 0 Å². The Morgan fingerprint density at radius 2 is 0.875 bits per heavy atom. The summed E-state index contributed by atoms with van der Waals surface area (Å²) in [6, 6.07) is 0. The highest BCUT2D eigenvalue weighted by atomic mass is 16.6. The normalized spacial score (nSPS) is 6.25. The third kappa shape index (κ3) is 133. The van der Waals surface area contributed by atoms with Gasteiger partial charge in [0.1, 0.15) is 25.0 Å². The smallest absolute Gasteiger partial charge is 0.155 e. The Morgan fingerprint density at radius 1 is 0.583 bits per heavy atom. The van der Waals surface area contributed by atoms with Gasteiger partial charge in [0.2, 0.25) is 0 Å². The second kappa shape index (κ2) is 49.5. The van der Waals surface area contributed by atoms with Crippen LogP contribution in [0.25, 0.3) is 0 Å². The van der Waals surface area contributed by atoms with Crippen molar-refractivity contribution in [3.63, 3.8) is 0 Å². The number of Topliss-reactive ketones (excluding diaryl/α,β-unsaturated/α-hetero) is 3. The van der Waals surface area contributed by atoms with Gasteiger partial charge in [0.15, 0.2) is 5.78 Å². The van der Waals surface area contributed by atoms with Gasteiger partial charge in [0.25, 0.3) is 0 Å². The average Bonchev–Trinajstić information content (AvgIpc) is 2.17. The van der Waals surface area contributed by atoms with Crippen LogP contribution < -0.4 is 0 Å². The van der Waals surface area contributed by atoms with Gasteiger partial charge in [-0.15, -0.1) is 0 Å². The number of hydrogen-bond acceptors (Lipinski definition) is 6. The molecule has 0 amide bonds. The van der Waals surface area contributed by atoms with Gasteiger partial charge in [0, 0.05) is 21.3 Å². The molecule has 6 nitrogen and oxygen atoms in total. The maximum Gasteiger partial charge on any atom is 0.155 e. The number of ketones is 3. The second-order valence-electron chi connectivity index (χ2n) is 3.41. The van der Waals surface area contributed by atoms with Gasteiger partial charge < -0.3 is 14.2 Å². The molecule has 0 aliphatic carbocycles. The Labute approximate surface area is 153 Å². The van der Waals surface area contributed by atoms with E-state index < -0.39 is 0 Å². The molecule has 0 radical (unpaired) electrons. The molecule has 0 spiro atoms. The van der Waals surface area contributed by atoms with Gasteiger partial charge in [-0.25, -0.2) is 0 Å². The fourth-order valence-corrected chi connectivity index (χ4v) is 0.672. The van der Waals surface area contributed by atoms with E-state index in [0.717, 1.165) is 0 Å². The molecule has 0 bridgehead atoms. The van der Waals surface area contributed by atoms with Crippen molar-refractivity contribution in [3.05, 3.63) is 0 Å². The Hall–Kier alpha value is -1.11. The molecule has 0 unspecified atom stereocenters. The number of carbonyl (C=O) groups is 3. The van der Waals surface area contributed by atoms with Crippen LogP contribution in [0.4, 0.5) is 0 Å². The first-order valence-electron chi connectivity index (χ1n) is 5.26. The fraction of sp³-hybridized carbons (Fsp3) is 0.833. The fourth-order valence-electron chi connectivity index (χ4n) is 0.672. The number of ether oxygens (including phenoxy) is 3. The summed E-state index contributed by atoms with van der Waals surface area (Å²) in [4.78, 5) is 30.0. The SMILES string of the molecule is C.C.C.C.C.C.CC(=O)CC(C)=O.COCC(C)=O.COCOC. The largest absolute Gasteiger partial charge is 0.377 e. The van der Waals surface area contributed by atoms with E-state index in [4.69, 9.17) is 0 Å². The van der Waals surface area contributed by atoms with E-state index in [9.17, 15) is 14.4 Å². The zero-order valence-corrected chi connectivity index (χ0v) is 12.1. The lowest BCUT2D eigenvalue weighted by Crippen LogP contribution is -1.98. The van der Waals surface area contributed by atoms with Crippen molar-refractivity contribution in [1.29, 1.82) is 0 Å². The summed E-state index contributed by atoms with van der Waals surface area (Å²) in [5.74, 6) is -0.0579. The van der Waals surface area contributed by atoms with Gasteiger partial charge in [-0.3, -0.25) is 14.4 Å². The lowest BCUT2D eigenvalue weighted by Gasteiger charge is -1.87. The Bertz CT molecular complexity index is 214. The Balaban J connectivity index is -0.0000000180. The molecule has 0 fully saturated rings. The number of hydrogen-bond donors (Lipinski definition) is 0. The van der Waals surface area contributed by atoms with E-state index in [-0.39, 0.29) is 74.9 Å². The van der Waals surface area contributed by atoms with E-state index in [0.29, 0.717) is 6.79 Å². The first kappa shape index (κ1) is 56.9. The molecule has 0 saturated heterocycles. The molecule has 0 rings (SSSR count). The second-order valence-corrected chi connectivity index (χ2v) is 3.41. The monoisotopic (exact) mass is 360 g/mol. The van der Waals surface area contributed by atoms with Crippen LogP contribution >= 0.6 is 0 Å². The molecule has 0 saturated carbocycles. The van der Waals surface area contributed by atoms with Crippen LogP contribution in [-0.4, -0.2) is 52.1 Å². The first-order valence-corrected chi connectivity index (χ1v) is 5.26. The van der Waals surface area contributed by atoms with Gasteiger partial charge in [-0.1, -0.05) is 44.6 Å². The minimum absolute atomic E-state index is 0. The Kier molecular flexibility index (Phi) is 117. The highest BCUT2D eigenvalue weighted by Gasteiger charge is 1.94. The third-order valence-electron chi connectivity index (χ3n) is 1.08. The molecule has 0 atom stereocenters. The van der Waals surface area contributed by atoms with Crippen LogP contribution in [0, 0.1) is 0 Å². The molecular weight excluding hydrogens is 312 g/mol. The van der Waals surface area contributed by atoms with E-state index in [2.05, 4.69) is 14.2 Å². The van der Waals surface area contributed by atoms with Crippen LogP contribution in [0.2, 0.25) is 0 Å². The van der Waals surface area contributed by atoms with Crippen molar-refractivity contribution in [2.45, 2.75) is 71.8 Å². The Morgan fingerprint density at radius 3 is 0.875 bits per heavy atom. The van der Waals surface area contributed by atoms with Crippen LogP contribution in [0.15, 0.2) is 0 Å². The van der Waals surface area contributed by atoms with Crippen LogP contribution in [0.3, 0.4) is 0 Å². The van der Waals surface area contributed by atoms with Crippen molar-refractivity contribution in [2.24, 2.45) is 0 Å². The molecule has 0 N–H and O–H groups in total. The minimum Gasteiger partial charge on any atom is -0.377 e. The van der Waals surface area contributed by atoms with E-state index in [1.165, 1.54) is 27.9 Å². The molecule has 24 heavy (non-hydrogen) atoms. The molecule has 0 aromatic carbocycles. The van der Waals surface area contributed by atoms with E-state index in [1.54, 1.807) is 14.2 Å². The summed E-state index contributed by atoms with van der Waals surface area (Å²) in [5.41, 5.74) is 0. The number of methoxy groups -OCH3 is 3. The molecule has 0 heterocycles. The van der Waals surface area contributed by atoms with Gasteiger partial charge in [-0.2, -0.15) is 0 Å². The number of carbonyl (C=O) groups excluding carboxylic acids is 3. The molecule has 0 aliphatic heterocycles. The summed E-state index contributed by atoms with van der Waals surface area (Å²) in [5, 5.41) is 0. The highest BCUT2D eigenvalue weighted by Crippen LogP contribution is 1.80. The van der Waals surface area contributed by atoms with E-state index in [1.807, 2.05) is 0 Å². The van der Waals surface area contributed by atoms with Crippen molar-refractivity contribution in [1.82, 2.24) is 0 Å². The summed E-state index contributed by atoms with van der Waals surface area (Å²) < 4.78 is 13.4. The van der Waals surface area contributed by atoms with Gasteiger partial charge in [-0.05, 0) is 20.8 Å². The van der Waals surface area contributed by atoms with Crippen LogP contribution in [0.5, 0.6) is 0 Å². The quantitative estimate of drug-likeness (QED) is 0.498. The van der Waals surface area contributed by atoms with Gasteiger partial charge in [0.05, 0.1) is 6.42 Å². The molecule has 6 heteroatoms. The lowest BCUT2D eigenvalue weighted by molar-refractivity contribution is -0.124. The summed E-state index contributed by atoms with van der Waals surface area (Å²) in [7, 11) is 4.68. The van der Waals surface area contributed by atoms with Crippen molar-refractivity contribution < 1.29 is 28.6 Å². The maximum atomic E-state index is 10.0. The first-order chi connectivity index (χ1) is 8.31. The van der Waals surface area contributed by atoms with Crippen LogP contribution in [-0.2, 0) is 28.6 Å². The average molecular weight is 361 g/mol. The van der Waals surface area contributed by atoms with Crippen molar-refractivity contribution >= 4 is 17.3 Å². The molecule has 0 aromatic heterocycles. The molecule has 0 aromatic rings. The standard InChI is InChI=1S/C5H8O2.C4H8O2.C3H8O2.6CH4/c1-4(6)3-5(2)7;1-4(5)3-6-2;1-4-3-5-2;;;;;;/h3H2,1-2H3;3H2,1-2H3;3H2,1-2H3;6*1H4. The zero-order chi connectivity index (χ0) is 15.0. The summed E-state index contributed by atoms with van der Waals surface area (Å²) in [6.45, 7) is 4.92. The predicted molar refractivity (Wildman–Crippen MR) is 108 cm³/mol. The van der Waals surface area contributed by atoms with E-state index >= 15 is 0 Å². The van der Waals surface area contributed by atoms with Crippen molar-refractivity contribution in [2.75, 3.05) is 34.7 Å².